The highest BCUT2D eigenvalue weighted by atomic mass is 16.3. The molecule has 16 heavy (non-hydrogen) atoms. The van der Waals surface area contributed by atoms with Crippen molar-refractivity contribution in [3.8, 4) is 12.3 Å². The van der Waals surface area contributed by atoms with Crippen LogP contribution in [0, 0.1) is 12.3 Å². The Kier molecular flexibility index (Phi) is 4.05. The monoisotopic (exact) mass is 218 g/mol. The van der Waals surface area contributed by atoms with E-state index in [1.807, 2.05) is 20.8 Å². The Balaban J connectivity index is 2.74. The first-order valence-corrected chi connectivity index (χ1v) is 5.28. The molecule has 0 amide bonds. The first-order valence-electron chi connectivity index (χ1n) is 5.28. The average molecular weight is 218 g/mol. The van der Waals surface area contributed by atoms with Crippen molar-refractivity contribution in [1.82, 2.24) is 10.3 Å². The predicted molar refractivity (Wildman–Crippen MR) is 64.9 cm³/mol. The van der Waals surface area contributed by atoms with Crippen molar-refractivity contribution in [3.63, 3.8) is 0 Å². The molecule has 86 valence electrons. The summed E-state index contributed by atoms with van der Waals surface area (Å²) in [5.74, 6) is 2.47. The summed E-state index contributed by atoms with van der Waals surface area (Å²) in [6.07, 6.45) is 6.33. The standard InChI is InChI=1S/C13H18N2O/c1-5-11-10(7-6-8-14-11)12(16)9-15-13(2,3)4/h1,6-8,12,15-16H,9H2,2-4H3/t12-/m0/s1. The van der Waals surface area contributed by atoms with Gasteiger partial charge in [0.25, 0.3) is 0 Å². The Morgan fingerprint density at radius 1 is 1.56 bits per heavy atom. The van der Waals surface area contributed by atoms with Gasteiger partial charge in [-0.3, -0.25) is 0 Å². The van der Waals surface area contributed by atoms with Crippen LogP contribution in [0.4, 0.5) is 0 Å². The molecule has 0 saturated carbocycles. The van der Waals surface area contributed by atoms with E-state index < -0.39 is 6.10 Å². The van der Waals surface area contributed by atoms with E-state index in [0.29, 0.717) is 17.8 Å². The highest BCUT2D eigenvalue weighted by molar-refractivity contribution is 5.34. The van der Waals surface area contributed by atoms with Gasteiger partial charge in [0, 0.05) is 23.8 Å². The third-order valence-electron chi connectivity index (χ3n) is 2.16. The molecule has 0 aromatic carbocycles. The molecule has 1 rings (SSSR count). The van der Waals surface area contributed by atoms with Crippen LogP contribution in [0.2, 0.25) is 0 Å². The highest BCUT2D eigenvalue weighted by Crippen LogP contribution is 2.15. The predicted octanol–water partition coefficient (Wildman–Crippen LogP) is 1.48. The summed E-state index contributed by atoms with van der Waals surface area (Å²) in [4.78, 5) is 4.04. The Morgan fingerprint density at radius 3 is 2.81 bits per heavy atom. The fourth-order valence-electron chi connectivity index (χ4n) is 1.32. The summed E-state index contributed by atoms with van der Waals surface area (Å²) in [6.45, 7) is 6.60. The molecule has 0 bridgehead atoms. The van der Waals surface area contributed by atoms with Crippen LogP contribution < -0.4 is 5.32 Å². The number of aliphatic hydroxyl groups excluding tert-OH is 1. The van der Waals surface area contributed by atoms with Gasteiger partial charge in [-0.2, -0.15) is 0 Å². The molecule has 3 nitrogen and oxygen atoms in total. The maximum absolute atomic E-state index is 10.00. The Labute approximate surface area is 96.9 Å². The summed E-state index contributed by atoms with van der Waals surface area (Å²) in [5, 5.41) is 13.2. The summed E-state index contributed by atoms with van der Waals surface area (Å²) >= 11 is 0. The van der Waals surface area contributed by atoms with Crippen LogP contribution in [0.5, 0.6) is 0 Å². The third kappa shape index (κ3) is 3.65. The summed E-state index contributed by atoms with van der Waals surface area (Å²) < 4.78 is 0. The van der Waals surface area contributed by atoms with E-state index in [-0.39, 0.29) is 5.54 Å². The van der Waals surface area contributed by atoms with Crippen molar-refractivity contribution < 1.29 is 5.11 Å². The number of hydrogen-bond acceptors (Lipinski definition) is 3. The maximum atomic E-state index is 10.00. The molecular formula is C13H18N2O. The number of terminal acetylenes is 1. The second-order valence-corrected chi connectivity index (χ2v) is 4.73. The minimum atomic E-state index is -0.626. The van der Waals surface area contributed by atoms with Gasteiger partial charge in [0.15, 0.2) is 0 Å². The quantitative estimate of drug-likeness (QED) is 0.755. The summed E-state index contributed by atoms with van der Waals surface area (Å²) in [5.41, 5.74) is 1.17. The zero-order valence-corrected chi connectivity index (χ0v) is 9.99. The number of β-amino-alcohol motifs (C(OH)–C–C–N with tert-alkyl or cyclic N) is 1. The zero-order valence-electron chi connectivity index (χ0n) is 9.99. The van der Waals surface area contributed by atoms with Crippen LogP contribution in [0.1, 0.15) is 38.1 Å². The highest BCUT2D eigenvalue weighted by Gasteiger charge is 2.15. The van der Waals surface area contributed by atoms with Gasteiger partial charge in [-0.05, 0) is 32.8 Å². The van der Waals surface area contributed by atoms with Gasteiger partial charge >= 0.3 is 0 Å². The largest absolute Gasteiger partial charge is 0.387 e. The lowest BCUT2D eigenvalue weighted by Gasteiger charge is -2.23. The number of pyridine rings is 1. The van der Waals surface area contributed by atoms with Crippen molar-refractivity contribution in [2.75, 3.05) is 6.54 Å². The van der Waals surface area contributed by atoms with Crippen LogP contribution in [-0.2, 0) is 0 Å². The van der Waals surface area contributed by atoms with Gasteiger partial charge in [0.05, 0.1) is 6.10 Å². The van der Waals surface area contributed by atoms with Crippen molar-refractivity contribution >= 4 is 0 Å². The molecule has 0 aliphatic rings. The molecule has 0 radical (unpaired) electrons. The smallest absolute Gasteiger partial charge is 0.118 e. The zero-order chi connectivity index (χ0) is 12.2. The molecule has 2 N–H and O–H groups in total. The molecule has 1 heterocycles. The van der Waals surface area contributed by atoms with Gasteiger partial charge in [-0.1, -0.05) is 6.07 Å². The second-order valence-electron chi connectivity index (χ2n) is 4.73. The molecule has 0 saturated heterocycles. The maximum Gasteiger partial charge on any atom is 0.118 e. The Hall–Kier alpha value is -1.37. The number of nitrogens with one attached hydrogen (secondary N) is 1. The second kappa shape index (κ2) is 5.11. The van der Waals surface area contributed by atoms with E-state index >= 15 is 0 Å². The number of hydrogen-bond donors (Lipinski definition) is 2. The lowest BCUT2D eigenvalue weighted by Crippen LogP contribution is -2.38. The van der Waals surface area contributed by atoms with Crippen LogP contribution in [0.15, 0.2) is 18.3 Å². The SMILES string of the molecule is C#Cc1ncccc1[C@@H](O)CNC(C)(C)C. The number of rotatable bonds is 3. The van der Waals surface area contributed by atoms with Crippen LogP contribution in [-0.4, -0.2) is 22.2 Å². The number of aliphatic hydroxyl groups is 1. The fourth-order valence-corrected chi connectivity index (χ4v) is 1.32. The topological polar surface area (TPSA) is 45.2 Å². The van der Waals surface area contributed by atoms with Gasteiger partial charge in [0.1, 0.15) is 5.69 Å². The number of nitrogens with zero attached hydrogens (tertiary/aromatic N) is 1. The molecule has 1 aromatic heterocycles. The first-order chi connectivity index (χ1) is 7.44. The van der Waals surface area contributed by atoms with Crippen molar-refractivity contribution in [1.29, 1.82) is 0 Å². The van der Waals surface area contributed by atoms with Crippen molar-refractivity contribution in [2.45, 2.75) is 32.4 Å². The molecule has 0 spiro atoms. The van der Waals surface area contributed by atoms with Crippen molar-refractivity contribution in [3.05, 3.63) is 29.6 Å². The van der Waals surface area contributed by atoms with E-state index in [0.717, 1.165) is 0 Å². The van der Waals surface area contributed by atoms with Crippen LogP contribution >= 0.6 is 0 Å². The van der Waals surface area contributed by atoms with E-state index in [2.05, 4.69) is 16.2 Å². The molecule has 0 fully saturated rings. The average Bonchev–Trinajstić information content (AvgIpc) is 2.25. The lowest BCUT2D eigenvalue weighted by molar-refractivity contribution is 0.162. The lowest BCUT2D eigenvalue weighted by atomic mass is 10.1. The summed E-state index contributed by atoms with van der Waals surface area (Å²) in [7, 11) is 0. The Bertz CT molecular complexity index is 388. The normalized spacial score (nSPS) is 13.2. The van der Waals surface area contributed by atoms with E-state index in [9.17, 15) is 5.11 Å². The number of aromatic nitrogens is 1. The van der Waals surface area contributed by atoms with Crippen LogP contribution in [0.25, 0.3) is 0 Å². The Morgan fingerprint density at radius 2 is 2.25 bits per heavy atom. The molecule has 1 atom stereocenters. The third-order valence-corrected chi connectivity index (χ3v) is 2.16. The van der Waals surface area contributed by atoms with E-state index in [4.69, 9.17) is 6.42 Å². The van der Waals surface area contributed by atoms with E-state index in [1.54, 1.807) is 18.3 Å². The molecule has 1 aromatic rings. The minimum absolute atomic E-state index is 0.0283. The van der Waals surface area contributed by atoms with Crippen molar-refractivity contribution in [2.24, 2.45) is 0 Å². The van der Waals surface area contributed by atoms with Gasteiger partial charge < -0.3 is 10.4 Å². The van der Waals surface area contributed by atoms with Gasteiger partial charge in [0.2, 0.25) is 0 Å². The minimum Gasteiger partial charge on any atom is -0.387 e. The molecule has 0 aliphatic carbocycles. The first kappa shape index (κ1) is 12.7. The molecule has 0 aliphatic heterocycles. The molecular weight excluding hydrogens is 200 g/mol. The van der Waals surface area contributed by atoms with Gasteiger partial charge in [-0.15, -0.1) is 6.42 Å². The molecule has 3 heteroatoms. The summed E-state index contributed by atoms with van der Waals surface area (Å²) in [6, 6.07) is 3.58. The van der Waals surface area contributed by atoms with Gasteiger partial charge in [-0.25, -0.2) is 4.98 Å². The van der Waals surface area contributed by atoms with Crippen LogP contribution in [0.3, 0.4) is 0 Å². The van der Waals surface area contributed by atoms with E-state index in [1.165, 1.54) is 0 Å². The molecule has 0 unspecified atom stereocenters. The fraction of sp³-hybridized carbons (Fsp3) is 0.462.